The average Bonchev–Trinajstić information content (AvgIpc) is 2.65. The number of rotatable bonds is 4. The number of aryl methyl sites for hydroxylation is 1. The molecule has 152 valence electrons. The number of carbonyl (C=O) groups is 3. The van der Waals surface area contributed by atoms with Crippen molar-refractivity contribution < 1.29 is 24.2 Å². The minimum Gasteiger partial charge on any atom is -0.478 e. The third-order valence-corrected chi connectivity index (χ3v) is 5.19. The highest BCUT2D eigenvalue weighted by atomic mass is 16.5. The first-order chi connectivity index (χ1) is 13.5. The van der Waals surface area contributed by atoms with Crippen molar-refractivity contribution in [3.8, 4) is 5.75 Å². The molecule has 1 unspecified atom stereocenters. The van der Waals surface area contributed by atoms with Gasteiger partial charge in [0.15, 0.2) is 5.60 Å². The van der Waals surface area contributed by atoms with Crippen LogP contribution in [0.1, 0.15) is 42.3 Å². The number of benzene rings is 2. The van der Waals surface area contributed by atoms with Gasteiger partial charge in [-0.15, -0.1) is 0 Å². The Labute approximate surface area is 169 Å². The third kappa shape index (κ3) is 3.68. The number of nitrogens with zero attached hydrogens (tertiary/aromatic N) is 1. The Kier molecular flexibility index (Phi) is 5.09. The molecule has 2 N–H and O–H groups in total. The number of ether oxygens (including phenoxy) is 1. The van der Waals surface area contributed by atoms with Crippen molar-refractivity contribution in [2.24, 2.45) is 0 Å². The smallest absolute Gasteiger partial charge is 0.335 e. The van der Waals surface area contributed by atoms with Crippen LogP contribution in [0.25, 0.3) is 0 Å². The lowest BCUT2D eigenvalue weighted by Gasteiger charge is -2.41. The van der Waals surface area contributed by atoms with Crippen molar-refractivity contribution in [2.45, 2.75) is 46.3 Å². The second-order valence-corrected chi connectivity index (χ2v) is 7.69. The van der Waals surface area contributed by atoms with Crippen LogP contribution in [0.15, 0.2) is 36.4 Å². The second kappa shape index (κ2) is 7.24. The first kappa shape index (κ1) is 20.4. The fourth-order valence-electron chi connectivity index (χ4n) is 3.27. The van der Waals surface area contributed by atoms with E-state index in [1.807, 2.05) is 26.0 Å². The molecule has 0 spiro atoms. The van der Waals surface area contributed by atoms with Crippen molar-refractivity contribution in [1.82, 2.24) is 0 Å². The van der Waals surface area contributed by atoms with Crippen LogP contribution in [0.5, 0.6) is 5.75 Å². The molecule has 7 heteroatoms. The lowest BCUT2D eigenvalue weighted by molar-refractivity contribution is -0.134. The molecule has 1 atom stereocenters. The van der Waals surface area contributed by atoms with Gasteiger partial charge in [-0.25, -0.2) is 4.79 Å². The molecule has 0 saturated heterocycles. The molecule has 7 nitrogen and oxygen atoms in total. The summed E-state index contributed by atoms with van der Waals surface area (Å²) in [6.07, 6.45) is 0. The number of carboxylic acid groups (broad SMARTS) is 1. The number of hydrogen-bond acceptors (Lipinski definition) is 4. The van der Waals surface area contributed by atoms with E-state index in [0.717, 1.165) is 11.1 Å². The Morgan fingerprint density at radius 2 is 1.86 bits per heavy atom. The first-order valence-corrected chi connectivity index (χ1v) is 9.30. The number of nitrogens with one attached hydrogen (secondary N) is 1. The summed E-state index contributed by atoms with van der Waals surface area (Å²) in [4.78, 5) is 38.8. The maximum absolute atomic E-state index is 13.1. The van der Waals surface area contributed by atoms with Gasteiger partial charge in [0.05, 0.1) is 11.3 Å². The molecule has 0 aromatic heterocycles. The maximum atomic E-state index is 13.1. The average molecular weight is 396 g/mol. The first-order valence-electron chi connectivity index (χ1n) is 9.30. The maximum Gasteiger partial charge on any atom is 0.335 e. The Balaban J connectivity index is 2.00. The zero-order valence-electron chi connectivity index (χ0n) is 17.1. The summed E-state index contributed by atoms with van der Waals surface area (Å²) in [5.41, 5.74) is 1.72. The SMILES string of the molecule is Cc1cccc(NC(=O)C(C)N2C(=O)C(C)(C)Oc3ccc(C(=O)O)cc32)c1C. The molecular weight excluding hydrogens is 372 g/mol. The van der Waals surface area contributed by atoms with Gasteiger partial charge in [-0.05, 0) is 70.0 Å². The molecule has 0 radical (unpaired) electrons. The van der Waals surface area contributed by atoms with E-state index >= 15 is 0 Å². The third-order valence-electron chi connectivity index (χ3n) is 5.19. The molecule has 0 aliphatic carbocycles. The molecule has 2 amide bonds. The summed E-state index contributed by atoms with van der Waals surface area (Å²) in [5.74, 6) is -1.57. The highest BCUT2D eigenvalue weighted by molar-refractivity contribution is 6.10. The Morgan fingerprint density at radius 3 is 2.52 bits per heavy atom. The predicted octanol–water partition coefficient (Wildman–Crippen LogP) is 3.53. The highest BCUT2D eigenvalue weighted by Crippen LogP contribution is 2.39. The summed E-state index contributed by atoms with van der Waals surface area (Å²) in [5, 5.41) is 12.2. The lowest BCUT2D eigenvalue weighted by Crippen LogP contribution is -2.58. The van der Waals surface area contributed by atoms with Crippen LogP contribution < -0.4 is 15.0 Å². The van der Waals surface area contributed by atoms with E-state index in [-0.39, 0.29) is 17.2 Å². The summed E-state index contributed by atoms with van der Waals surface area (Å²) < 4.78 is 5.76. The van der Waals surface area contributed by atoms with E-state index in [2.05, 4.69) is 5.32 Å². The van der Waals surface area contributed by atoms with Crippen molar-refractivity contribution in [3.63, 3.8) is 0 Å². The van der Waals surface area contributed by atoms with Crippen LogP contribution in [-0.4, -0.2) is 34.5 Å². The van der Waals surface area contributed by atoms with Crippen molar-refractivity contribution in [1.29, 1.82) is 0 Å². The highest BCUT2D eigenvalue weighted by Gasteiger charge is 2.44. The monoisotopic (exact) mass is 396 g/mol. The molecule has 1 heterocycles. The van der Waals surface area contributed by atoms with E-state index in [0.29, 0.717) is 11.4 Å². The number of carbonyl (C=O) groups excluding carboxylic acids is 2. The van der Waals surface area contributed by atoms with E-state index in [9.17, 15) is 19.5 Å². The predicted molar refractivity (Wildman–Crippen MR) is 110 cm³/mol. The van der Waals surface area contributed by atoms with Gasteiger partial charge in [0, 0.05) is 5.69 Å². The zero-order chi connectivity index (χ0) is 21.5. The van der Waals surface area contributed by atoms with E-state index in [4.69, 9.17) is 4.74 Å². The van der Waals surface area contributed by atoms with Gasteiger partial charge in [-0.1, -0.05) is 12.1 Å². The van der Waals surface area contributed by atoms with Gasteiger partial charge in [0.25, 0.3) is 5.91 Å². The summed E-state index contributed by atoms with van der Waals surface area (Å²) in [6, 6.07) is 8.99. The fourth-order valence-corrected chi connectivity index (χ4v) is 3.27. The standard InChI is InChI=1S/C22H24N2O5/c1-12-7-6-8-16(13(12)2)23-19(25)14(3)24-17-11-15(20(26)27)9-10-18(17)29-22(4,5)21(24)28/h6-11,14H,1-5H3,(H,23,25)(H,26,27). The lowest BCUT2D eigenvalue weighted by atomic mass is 10.0. The van der Waals surface area contributed by atoms with Crippen LogP contribution in [0.2, 0.25) is 0 Å². The van der Waals surface area contributed by atoms with Gasteiger partial charge in [0.2, 0.25) is 5.91 Å². The number of carboxylic acids is 1. The Morgan fingerprint density at radius 1 is 1.17 bits per heavy atom. The topological polar surface area (TPSA) is 95.9 Å². The number of anilines is 2. The molecule has 3 rings (SSSR count). The molecule has 0 fully saturated rings. The van der Waals surface area contributed by atoms with Gasteiger partial charge in [-0.3, -0.25) is 14.5 Å². The van der Waals surface area contributed by atoms with Crippen LogP contribution in [-0.2, 0) is 9.59 Å². The van der Waals surface area contributed by atoms with Gasteiger partial charge in [0.1, 0.15) is 11.8 Å². The Bertz CT molecular complexity index is 1010. The summed E-state index contributed by atoms with van der Waals surface area (Å²) >= 11 is 0. The number of amides is 2. The molecule has 2 aromatic rings. The second-order valence-electron chi connectivity index (χ2n) is 7.69. The van der Waals surface area contributed by atoms with Gasteiger partial charge < -0.3 is 15.2 Å². The number of hydrogen-bond donors (Lipinski definition) is 2. The van der Waals surface area contributed by atoms with Crippen molar-refractivity contribution in [2.75, 3.05) is 10.2 Å². The molecule has 1 aliphatic rings. The quantitative estimate of drug-likeness (QED) is 0.824. The van der Waals surface area contributed by atoms with E-state index in [1.165, 1.54) is 23.1 Å². The fraction of sp³-hybridized carbons (Fsp3) is 0.318. The largest absolute Gasteiger partial charge is 0.478 e. The number of fused-ring (bicyclic) bond motifs is 1. The Hall–Kier alpha value is -3.35. The molecule has 0 saturated carbocycles. The number of aromatic carboxylic acids is 1. The molecule has 29 heavy (non-hydrogen) atoms. The minimum atomic E-state index is -1.19. The van der Waals surface area contributed by atoms with Gasteiger partial charge in [-0.2, -0.15) is 0 Å². The molecular formula is C22H24N2O5. The summed E-state index contributed by atoms with van der Waals surface area (Å²) in [6.45, 7) is 8.70. The van der Waals surface area contributed by atoms with Crippen LogP contribution in [0, 0.1) is 13.8 Å². The summed E-state index contributed by atoms with van der Waals surface area (Å²) in [7, 11) is 0. The van der Waals surface area contributed by atoms with Crippen LogP contribution >= 0.6 is 0 Å². The normalized spacial score (nSPS) is 15.9. The van der Waals surface area contributed by atoms with E-state index in [1.54, 1.807) is 26.8 Å². The van der Waals surface area contributed by atoms with E-state index < -0.39 is 23.5 Å². The van der Waals surface area contributed by atoms with Crippen molar-refractivity contribution >= 4 is 29.2 Å². The molecule has 0 bridgehead atoms. The van der Waals surface area contributed by atoms with Crippen LogP contribution in [0.3, 0.4) is 0 Å². The molecule has 1 aliphatic heterocycles. The zero-order valence-corrected chi connectivity index (χ0v) is 17.1. The van der Waals surface area contributed by atoms with Gasteiger partial charge >= 0.3 is 5.97 Å². The van der Waals surface area contributed by atoms with Crippen molar-refractivity contribution in [3.05, 3.63) is 53.1 Å². The minimum absolute atomic E-state index is 0.00647. The molecule has 2 aromatic carbocycles. The van der Waals surface area contributed by atoms with Crippen LogP contribution in [0.4, 0.5) is 11.4 Å².